The van der Waals surface area contributed by atoms with E-state index in [2.05, 4.69) is 0 Å². The smallest absolute Gasteiger partial charge is 0.422 e. The molecular formula is C18H17NO3. The van der Waals surface area contributed by atoms with Crippen LogP contribution in [-0.4, -0.2) is 4.57 Å². The second-order valence-electron chi connectivity index (χ2n) is 5.08. The molecule has 1 aromatic heterocycles. The van der Waals surface area contributed by atoms with Gasteiger partial charge in [-0.15, -0.1) is 0 Å². The van der Waals surface area contributed by atoms with E-state index in [-0.39, 0.29) is 12.0 Å². The van der Waals surface area contributed by atoms with Gasteiger partial charge >= 0.3 is 11.7 Å². The number of rotatable bonds is 5. The molecule has 22 heavy (non-hydrogen) atoms. The van der Waals surface area contributed by atoms with Gasteiger partial charge in [-0.1, -0.05) is 60.7 Å². The molecule has 0 aliphatic heterocycles. The summed E-state index contributed by atoms with van der Waals surface area (Å²) in [6.07, 6.45) is 1.61. The van der Waals surface area contributed by atoms with Gasteiger partial charge in [0, 0.05) is 0 Å². The van der Waals surface area contributed by atoms with Crippen LogP contribution in [0.5, 0.6) is 5.95 Å². The minimum atomic E-state index is -0.417. The Balaban J connectivity index is 1.75. The molecule has 0 radical (unpaired) electrons. The molecule has 3 rings (SSSR count). The first-order valence-corrected chi connectivity index (χ1v) is 7.17. The molecule has 0 fully saturated rings. The number of nitrogens with zero attached hydrogens (tertiary/aromatic N) is 1. The summed E-state index contributed by atoms with van der Waals surface area (Å²) in [5.41, 5.74) is 2.06. The predicted molar refractivity (Wildman–Crippen MR) is 84.0 cm³/mol. The van der Waals surface area contributed by atoms with E-state index in [1.165, 1.54) is 4.57 Å². The van der Waals surface area contributed by atoms with Crippen molar-refractivity contribution in [2.24, 2.45) is 0 Å². The van der Waals surface area contributed by atoms with E-state index in [0.717, 1.165) is 11.1 Å². The fourth-order valence-corrected chi connectivity index (χ4v) is 2.29. The summed E-state index contributed by atoms with van der Waals surface area (Å²) in [5.74, 6) is -0.184. The normalized spacial score (nSPS) is 12.0. The van der Waals surface area contributed by atoms with E-state index < -0.39 is 5.76 Å². The lowest BCUT2D eigenvalue weighted by Gasteiger charge is -2.10. The van der Waals surface area contributed by atoms with E-state index in [1.54, 1.807) is 6.20 Å². The molecule has 0 aliphatic rings. The third-order valence-corrected chi connectivity index (χ3v) is 3.57. The highest BCUT2D eigenvalue weighted by Gasteiger charge is 2.14. The number of benzene rings is 2. The molecule has 0 spiro atoms. The topological polar surface area (TPSA) is 44.4 Å². The molecule has 0 aliphatic carbocycles. The van der Waals surface area contributed by atoms with Gasteiger partial charge in [0.15, 0.2) is 0 Å². The Morgan fingerprint density at radius 2 is 1.68 bits per heavy atom. The number of hydrogen-bond donors (Lipinski definition) is 0. The molecule has 0 bridgehead atoms. The third kappa shape index (κ3) is 3.11. The fraction of sp³-hybridized carbons (Fsp3) is 0.167. The van der Waals surface area contributed by atoms with Crippen molar-refractivity contribution < 1.29 is 9.15 Å². The SMILES string of the molecule is CC(c1ccccc1)n1cc(OCc2ccccc2)oc1=O. The van der Waals surface area contributed by atoms with Crippen LogP contribution >= 0.6 is 0 Å². The fourth-order valence-electron chi connectivity index (χ4n) is 2.29. The molecule has 1 atom stereocenters. The zero-order valence-corrected chi connectivity index (χ0v) is 12.3. The monoisotopic (exact) mass is 295 g/mol. The van der Waals surface area contributed by atoms with Crippen LogP contribution in [0.1, 0.15) is 24.1 Å². The lowest BCUT2D eigenvalue weighted by Crippen LogP contribution is -2.18. The van der Waals surface area contributed by atoms with Crippen LogP contribution in [0.4, 0.5) is 0 Å². The standard InChI is InChI=1S/C18H17NO3/c1-14(16-10-6-3-7-11-16)19-12-17(22-18(19)20)21-13-15-8-4-2-5-9-15/h2-12,14H,13H2,1H3. The highest BCUT2D eigenvalue weighted by Crippen LogP contribution is 2.19. The van der Waals surface area contributed by atoms with Crippen LogP contribution < -0.4 is 10.5 Å². The summed E-state index contributed by atoms with van der Waals surface area (Å²) >= 11 is 0. The maximum absolute atomic E-state index is 12.0. The second kappa shape index (κ2) is 6.35. The molecule has 4 heteroatoms. The van der Waals surface area contributed by atoms with Crippen molar-refractivity contribution >= 4 is 0 Å². The molecule has 3 aromatic rings. The van der Waals surface area contributed by atoms with Gasteiger partial charge < -0.3 is 9.15 Å². The van der Waals surface area contributed by atoms with Crippen molar-refractivity contribution in [2.75, 3.05) is 0 Å². The van der Waals surface area contributed by atoms with Crippen LogP contribution in [0.3, 0.4) is 0 Å². The van der Waals surface area contributed by atoms with E-state index in [4.69, 9.17) is 9.15 Å². The van der Waals surface area contributed by atoms with Gasteiger partial charge in [0.1, 0.15) is 6.61 Å². The van der Waals surface area contributed by atoms with Crippen LogP contribution in [0.25, 0.3) is 0 Å². The minimum absolute atomic E-state index is 0.105. The largest absolute Gasteiger partial charge is 0.459 e. The zero-order chi connectivity index (χ0) is 15.4. The van der Waals surface area contributed by atoms with Crippen LogP contribution in [0.2, 0.25) is 0 Å². The lowest BCUT2D eigenvalue weighted by atomic mass is 10.1. The van der Waals surface area contributed by atoms with Gasteiger partial charge in [0.2, 0.25) is 0 Å². The highest BCUT2D eigenvalue weighted by atomic mass is 16.6. The maximum atomic E-state index is 12.0. The van der Waals surface area contributed by atoms with Gasteiger partial charge in [-0.05, 0) is 18.1 Å². The average molecular weight is 295 g/mol. The summed E-state index contributed by atoms with van der Waals surface area (Å²) in [6.45, 7) is 2.32. The molecule has 0 saturated carbocycles. The molecule has 4 nitrogen and oxygen atoms in total. The van der Waals surface area contributed by atoms with Gasteiger partial charge in [-0.3, -0.25) is 4.57 Å². The first-order chi connectivity index (χ1) is 10.7. The predicted octanol–water partition coefficient (Wildman–Crippen LogP) is 3.63. The van der Waals surface area contributed by atoms with Crippen LogP contribution in [-0.2, 0) is 6.61 Å². The first-order valence-electron chi connectivity index (χ1n) is 7.17. The first kappa shape index (κ1) is 14.2. The molecule has 2 aromatic carbocycles. The van der Waals surface area contributed by atoms with E-state index in [0.29, 0.717) is 6.61 Å². The summed E-state index contributed by atoms with van der Waals surface area (Å²) in [7, 11) is 0. The molecule has 112 valence electrons. The number of aromatic nitrogens is 1. The Hall–Kier alpha value is -2.75. The van der Waals surface area contributed by atoms with E-state index >= 15 is 0 Å². The Morgan fingerprint density at radius 3 is 2.36 bits per heavy atom. The van der Waals surface area contributed by atoms with Crippen LogP contribution in [0.15, 0.2) is 76.1 Å². The van der Waals surface area contributed by atoms with Crippen molar-refractivity contribution in [3.05, 3.63) is 88.5 Å². The molecule has 0 amide bonds. The summed E-state index contributed by atoms with van der Waals surface area (Å²) in [5, 5.41) is 0. The quantitative estimate of drug-likeness (QED) is 0.722. The van der Waals surface area contributed by atoms with Gasteiger partial charge in [0.25, 0.3) is 0 Å². The van der Waals surface area contributed by atoms with Crippen molar-refractivity contribution in [3.63, 3.8) is 0 Å². The highest BCUT2D eigenvalue weighted by molar-refractivity contribution is 5.20. The van der Waals surface area contributed by atoms with Gasteiger partial charge in [-0.2, -0.15) is 0 Å². The minimum Gasteiger partial charge on any atom is -0.459 e. The maximum Gasteiger partial charge on any atom is 0.422 e. The van der Waals surface area contributed by atoms with E-state index in [1.807, 2.05) is 67.6 Å². The molecule has 0 saturated heterocycles. The van der Waals surface area contributed by atoms with Crippen molar-refractivity contribution in [1.29, 1.82) is 0 Å². The Morgan fingerprint density at radius 1 is 1.05 bits per heavy atom. The summed E-state index contributed by atoms with van der Waals surface area (Å²) < 4.78 is 12.3. The molecule has 0 N–H and O–H groups in total. The third-order valence-electron chi connectivity index (χ3n) is 3.57. The molecule has 1 heterocycles. The Kier molecular flexibility index (Phi) is 4.10. The Labute approximate surface area is 128 Å². The van der Waals surface area contributed by atoms with Gasteiger partial charge in [0.05, 0.1) is 12.2 Å². The molecule has 1 unspecified atom stereocenters. The van der Waals surface area contributed by atoms with E-state index in [9.17, 15) is 4.79 Å². The molecular weight excluding hydrogens is 278 g/mol. The van der Waals surface area contributed by atoms with Gasteiger partial charge in [-0.25, -0.2) is 4.79 Å². The summed E-state index contributed by atoms with van der Waals surface area (Å²) in [6, 6.07) is 19.5. The number of hydrogen-bond acceptors (Lipinski definition) is 3. The van der Waals surface area contributed by atoms with Crippen molar-refractivity contribution in [2.45, 2.75) is 19.6 Å². The van der Waals surface area contributed by atoms with Crippen LogP contribution in [0, 0.1) is 0 Å². The zero-order valence-electron chi connectivity index (χ0n) is 12.3. The average Bonchev–Trinajstić information content (AvgIpc) is 2.95. The van der Waals surface area contributed by atoms with Crippen molar-refractivity contribution in [1.82, 2.24) is 4.57 Å². The Bertz CT molecular complexity index is 775. The summed E-state index contributed by atoms with van der Waals surface area (Å²) in [4.78, 5) is 12.0. The number of oxazole rings is 1. The lowest BCUT2D eigenvalue weighted by molar-refractivity contribution is 0.226. The number of ether oxygens (including phenoxy) is 1. The van der Waals surface area contributed by atoms with Crippen molar-refractivity contribution in [3.8, 4) is 5.95 Å². The second-order valence-corrected chi connectivity index (χ2v) is 5.08.